The van der Waals surface area contributed by atoms with E-state index in [1.165, 1.54) is 0 Å². The highest BCUT2D eigenvalue weighted by Gasteiger charge is 2.33. The number of ether oxygens (including phenoxy) is 1. The van der Waals surface area contributed by atoms with Gasteiger partial charge in [-0.3, -0.25) is 4.79 Å². The van der Waals surface area contributed by atoms with E-state index < -0.39 is 0 Å². The standard InChI is InChI=1S/C22H13N3O2S/c1-27-14-8-6-13(7-9-14)18-17(12-24)22(28-11-10-23)25-20-19(18)15-4-2-3-5-16(15)21(20)26/h2-9H,11H2,1H3. The normalized spacial score (nSPS) is 11.3. The van der Waals surface area contributed by atoms with Crippen LogP contribution in [0.1, 0.15) is 21.6 Å². The monoisotopic (exact) mass is 383 g/mol. The number of nitriles is 2. The van der Waals surface area contributed by atoms with Crippen molar-refractivity contribution in [3.63, 3.8) is 0 Å². The fourth-order valence-electron chi connectivity index (χ4n) is 3.37. The lowest BCUT2D eigenvalue weighted by molar-refractivity contribution is 0.103. The van der Waals surface area contributed by atoms with E-state index in [0.717, 1.165) is 22.9 Å². The average molecular weight is 383 g/mol. The van der Waals surface area contributed by atoms with Crippen LogP contribution in [0.2, 0.25) is 0 Å². The van der Waals surface area contributed by atoms with Crippen LogP contribution in [0.15, 0.2) is 53.6 Å². The van der Waals surface area contributed by atoms with Crippen LogP contribution in [-0.2, 0) is 0 Å². The molecule has 4 rings (SSSR count). The first-order valence-electron chi connectivity index (χ1n) is 8.46. The first-order chi connectivity index (χ1) is 13.7. The van der Waals surface area contributed by atoms with Crippen molar-refractivity contribution in [2.75, 3.05) is 12.9 Å². The number of hydrogen-bond acceptors (Lipinski definition) is 6. The predicted octanol–water partition coefficient (Wildman–Crippen LogP) is 4.46. The molecule has 0 unspecified atom stereocenters. The Morgan fingerprint density at radius 3 is 2.39 bits per heavy atom. The van der Waals surface area contributed by atoms with Crippen LogP contribution in [0.4, 0.5) is 0 Å². The fourth-order valence-corrected chi connectivity index (χ4v) is 4.02. The van der Waals surface area contributed by atoms with E-state index >= 15 is 0 Å². The van der Waals surface area contributed by atoms with Crippen molar-refractivity contribution in [1.29, 1.82) is 10.5 Å². The Hall–Kier alpha value is -3.61. The molecular formula is C22H13N3O2S. The number of methoxy groups -OCH3 is 1. The molecule has 0 aliphatic heterocycles. The van der Waals surface area contributed by atoms with Gasteiger partial charge >= 0.3 is 0 Å². The maximum Gasteiger partial charge on any atom is 0.212 e. The number of hydrogen-bond donors (Lipinski definition) is 0. The predicted molar refractivity (Wildman–Crippen MR) is 106 cm³/mol. The minimum absolute atomic E-state index is 0.143. The Morgan fingerprint density at radius 2 is 1.75 bits per heavy atom. The molecule has 5 nitrogen and oxygen atoms in total. The second kappa shape index (κ2) is 7.19. The van der Waals surface area contributed by atoms with Gasteiger partial charge in [0.05, 0.1) is 24.5 Å². The molecule has 0 radical (unpaired) electrons. The van der Waals surface area contributed by atoms with Crippen LogP contribution in [0, 0.1) is 22.7 Å². The maximum atomic E-state index is 13.0. The molecule has 0 spiro atoms. The average Bonchev–Trinajstić information content (AvgIpc) is 3.03. The van der Waals surface area contributed by atoms with Crippen LogP contribution < -0.4 is 4.74 Å². The summed E-state index contributed by atoms with van der Waals surface area (Å²) in [5, 5.41) is 19.3. The highest BCUT2D eigenvalue weighted by molar-refractivity contribution is 7.99. The molecule has 1 aliphatic carbocycles. The molecule has 0 atom stereocenters. The van der Waals surface area contributed by atoms with Gasteiger partial charge in [-0.15, -0.1) is 0 Å². The zero-order valence-corrected chi connectivity index (χ0v) is 15.7. The molecule has 2 aromatic carbocycles. The molecule has 134 valence electrons. The fraction of sp³-hybridized carbons (Fsp3) is 0.0909. The van der Waals surface area contributed by atoms with Gasteiger partial charge in [0.15, 0.2) is 0 Å². The highest BCUT2D eigenvalue weighted by Crippen LogP contribution is 2.46. The summed E-state index contributed by atoms with van der Waals surface area (Å²) in [6, 6.07) is 19.0. The molecule has 1 heterocycles. The van der Waals surface area contributed by atoms with Gasteiger partial charge in [0.2, 0.25) is 5.78 Å². The number of aromatic nitrogens is 1. The van der Waals surface area contributed by atoms with Crippen molar-refractivity contribution < 1.29 is 9.53 Å². The SMILES string of the molecule is COc1ccc(-c2c(C#N)c(SCC#N)nc3c2-c2ccccc2C3=O)cc1. The molecule has 1 aromatic heterocycles. The third kappa shape index (κ3) is 2.72. The number of ketones is 1. The van der Waals surface area contributed by atoms with Gasteiger partial charge in [-0.25, -0.2) is 4.98 Å². The molecule has 0 amide bonds. The van der Waals surface area contributed by atoms with E-state index in [1.807, 2.05) is 48.5 Å². The van der Waals surface area contributed by atoms with Gasteiger partial charge < -0.3 is 4.74 Å². The van der Waals surface area contributed by atoms with E-state index in [2.05, 4.69) is 11.1 Å². The van der Waals surface area contributed by atoms with Gasteiger partial charge in [0.25, 0.3) is 0 Å². The molecular weight excluding hydrogens is 370 g/mol. The molecule has 28 heavy (non-hydrogen) atoms. The van der Waals surface area contributed by atoms with Crippen molar-refractivity contribution in [2.45, 2.75) is 5.03 Å². The summed E-state index contributed by atoms with van der Waals surface area (Å²) < 4.78 is 5.23. The van der Waals surface area contributed by atoms with Crippen LogP contribution in [0.5, 0.6) is 5.75 Å². The Morgan fingerprint density at radius 1 is 1.04 bits per heavy atom. The number of benzene rings is 2. The van der Waals surface area contributed by atoms with Crippen molar-refractivity contribution in [3.05, 3.63) is 65.4 Å². The largest absolute Gasteiger partial charge is 0.497 e. The summed E-state index contributed by atoms with van der Waals surface area (Å²) >= 11 is 1.16. The van der Waals surface area contributed by atoms with Crippen molar-refractivity contribution in [2.24, 2.45) is 0 Å². The summed E-state index contributed by atoms with van der Waals surface area (Å²) in [5.74, 6) is 0.677. The molecule has 1 aliphatic rings. The molecule has 0 saturated heterocycles. The quantitative estimate of drug-likeness (QED) is 0.484. The molecule has 6 heteroatoms. The zero-order valence-electron chi connectivity index (χ0n) is 14.9. The van der Waals surface area contributed by atoms with Crippen LogP contribution >= 0.6 is 11.8 Å². The maximum absolute atomic E-state index is 13.0. The van der Waals surface area contributed by atoms with Gasteiger partial charge in [-0.2, -0.15) is 10.5 Å². The second-order valence-corrected chi connectivity index (χ2v) is 7.02. The highest BCUT2D eigenvalue weighted by atomic mass is 32.2. The molecule has 0 N–H and O–H groups in total. The minimum Gasteiger partial charge on any atom is -0.497 e. The van der Waals surface area contributed by atoms with Gasteiger partial charge in [0, 0.05) is 16.7 Å². The van der Waals surface area contributed by atoms with Crippen molar-refractivity contribution in [1.82, 2.24) is 4.98 Å². The lowest BCUT2D eigenvalue weighted by Crippen LogP contribution is -2.03. The Labute approximate surface area is 166 Å². The Balaban J connectivity index is 2.06. The Bertz CT molecular complexity index is 1190. The molecule has 3 aromatic rings. The third-order valence-electron chi connectivity index (χ3n) is 4.58. The summed E-state index contributed by atoms with van der Waals surface area (Å²) in [6.45, 7) is 0. The number of carbonyl (C=O) groups is 1. The first kappa shape index (κ1) is 17.8. The zero-order chi connectivity index (χ0) is 19.7. The van der Waals surface area contributed by atoms with E-state index in [1.54, 1.807) is 13.2 Å². The van der Waals surface area contributed by atoms with E-state index in [-0.39, 0.29) is 11.5 Å². The topological polar surface area (TPSA) is 86.8 Å². The van der Waals surface area contributed by atoms with Crippen molar-refractivity contribution in [3.8, 4) is 40.1 Å². The van der Waals surface area contributed by atoms with E-state index in [9.17, 15) is 10.1 Å². The van der Waals surface area contributed by atoms with Crippen LogP contribution in [0.25, 0.3) is 22.3 Å². The molecule has 0 fully saturated rings. The summed E-state index contributed by atoms with van der Waals surface area (Å²) in [4.78, 5) is 17.5. The summed E-state index contributed by atoms with van der Waals surface area (Å²) in [5.41, 5.74) is 4.16. The number of rotatable bonds is 4. The number of fused-ring (bicyclic) bond motifs is 3. The second-order valence-electron chi connectivity index (χ2n) is 6.05. The lowest BCUT2D eigenvalue weighted by Gasteiger charge is -2.14. The molecule has 0 bridgehead atoms. The smallest absolute Gasteiger partial charge is 0.212 e. The number of pyridine rings is 1. The van der Waals surface area contributed by atoms with Crippen LogP contribution in [-0.4, -0.2) is 23.6 Å². The minimum atomic E-state index is -0.163. The van der Waals surface area contributed by atoms with E-state index in [4.69, 9.17) is 10.00 Å². The lowest BCUT2D eigenvalue weighted by atomic mass is 9.93. The van der Waals surface area contributed by atoms with Gasteiger partial charge in [-0.05, 0) is 23.3 Å². The number of thioether (sulfide) groups is 1. The summed E-state index contributed by atoms with van der Waals surface area (Å²) in [7, 11) is 1.59. The number of nitrogens with zero attached hydrogens (tertiary/aromatic N) is 3. The first-order valence-corrected chi connectivity index (χ1v) is 9.44. The summed E-state index contributed by atoms with van der Waals surface area (Å²) in [6.07, 6.45) is 0. The van der Waals surface area contributed by atoms with Gasteiger partial charge in [-0.1, -0.05) is 48.2 Å². The van der Waals surface area contributed by atoms with Crippen LogP contribution in [0.3, 0.4) is 0 Å². The molecule has 0 saturated carbocycles. The van der Waals surface area contributed by atoms with E-state index in [0.29, 0.717) is 38.7 Å². The Kier molecular flexibility index (Phi) is 4.57. The third-order valence-corrected chi connectivity index (χ3v) is 5.43. The van der Waals surface area contributed by atoms with Crippen molar-refractivity contribution >= 4 is 17.5 Å². The van der Waals surface area contributed by atoms with Gasteiger partial charge in [0.1, 0.15) is 22.5 Å². The number of carbonyl (C=O) groups excluding carboxylic acids is 1.